The van der Waals surface area contributed by atoms with Gasteiger partial charge in [-0.05, 0) is 31.2 Å². The van der Waals surface area contributed by atoms with Crippen LogP contribution in [0.1, 0.15) is 21.6 Å². The number of aryl methyl sites for hydroxylation is 1. The maximum atomic E-state index is 11.9. The van der Waals surface area contributed by atoms with Crippen molar-refractivity contribution in [1.82, 2.24) is 4.98 Å². The molecule has 1 amide bonds. The number of nitrogens with one attached hydrogen (secondary N) is 1. The fraction of sp³-hybridized carbons (Fsp3) is 0.143. The van der Waals surface area contributed by atoms with E-state index < -0.39 is 0 Å². The molecule has 5 heteroatoms. The standard InChI is InChI=1S/C14H13N3OS/c1-10-9-19-14(16-10)17-13(18)12-6-4-11(5-7-12)3-2-8-15/h4-7,9H,8,15H2,1H3,(H,16,17,18). The Bertz CT molecular complexity index is 635. The molecular formula is C14H13N3OS. The second-order valence-corrected chi connectivity index (χ2v) is 4.69. The molecule has 0 saturated heterocycles. The summed E-state index contributed by atoms with van der Waals surface area (Å²) in [6.45, 7) is 2.21. The van der Waals surface area contributed by atoms with Gasteiger partial charge in [-0.25, -0.2) is 4.98 Å². The molecule has 0 aliphatic rings. The van der Waals surface area contributed by atoms with Crippen LogP contribution in [0.3, 0.4) is 0 Å². The van der Waals surface area contributed by atoms with E-state index in [1.165, 1.54) is 11.3 Å². The van der Waals surface area contributed by atoms with Crippen LogP contribution in [0.5, 0.6) is 0 Å². The van der Waals surface area contributed by atoms with Crippen LogP contribution in [-0.2, 0) is 0 Å². The average Bonchev–Trinajstić information content (AvgIpc) is 2.82. The number of anilines is 1. The van der Waals surface area contributed by atoms with Crippen molar-refractivity contribution >= 4 is 22.4 Å². The number of aromatic nitrogens is 1. The zero-order valence-corrected chi connectivity index (χ0v) is 11.3. The van der Waals surface area contributed by atoms with Crippen LogP contribution >= 0.6 is 11.3 Å². The van der Waals surface area contributed by atoms with Crippen LogP contribution in [0.2, 0.25) is 0 Å². The number of carbonyl (C=O) groups is 1. The minimum absolute atomic E-state index is 0.173. The number of amides is 1. The number of nitrogens with zero attached hydrogens (tertiary/aromatic N) is 1. The third kappa shape index (κ3) is 3.65. The van der Waals surface area contributed by atoms with Crippen molar-refractivity contribution in [2.45, 2.75) is 6.92 Å². The van der Waals surface area contributed by atoms with E-state index in [4.69, 9.17) is 5.73 Å². The number of benzene rings is 1. The van der Waals surface area contributed by atoms with Crippen LogP contribution in [0.25, 0.3) is 0 Å². The van der Waals surface area contributed by atoms with Gasteiger partial charge in [0.1, 0.15) is 0 Å². The van der Waals surface area contributed by atoms with Gasteiger partial charge in [0.05, 0.1) is 12.2 Å². The highest BCUT2D eigenvalue weighted by Gasteiger charge is 2.07. The minimum Gasteiger partial charge on any atom is -0.320 e. The second kappa shape index (κ2) is 6.14. The Morgan fingerprint density at radius 1 is 1.42 bits per heavy atom. The third-order valence-electron chi connectivity index (χ3n) is 2.32. The van der Waals surface area contributed by atoms with Crippen molar-refractivity contribution < 1.29 is 4.79 Å². The van der Waals surface area contributed by atoms with Crippen LogP contribution in [0, 0.1) is 18.8 Å². The fourth-order valence-corrected chi connectivity index (χ4v) is 2.12. The maximum absolute atomic E-state index is 11.9. The van der Waals surface area contributed by atoms with Gasteiger partial charge in [-0.15, -0.1) is 11.3 Å². The van der Waals surface area contributed by atoms with Gasteiger partial charge in [0.2, 0.25) is 0 Å². The van der Waals surface area contributed by atoms with Gasteiger partial charge in [0, 0.05) is 16.5 Å². The lowest BCUT2D eigenvalue weighted by atomic mass is 10.1. The van der Waals surface area contributed by atoms with Gasteiger partial charge < -0.3 is 5.73 Å². The molecule has 0 atom stereocenters. The summed E-state index contributed by atoms with van der Waals surface area (Å²) in [6.07, 6.45) is 0. The molecule has 4 nitrogen and oxygen atoms in total. The molecule has 2 aromatic rings. The van der Waals surface area contributed by atoms with E-state index in [0.29, 0.717) is 17.2 Å². The first-order valence-electron chi connectivity index (χ1n) is 5.71. The maximum Gasteiger partial charge on any atom is 0.257 e. The van der Waals surface area contributed by atoms with Crippen molar-refractivity contribution in [3.63, 3.8) is 0 Å². The monoisotopic (exact) mass is 271 g/mol. The number of hydrogen-bond donors (Lipinski definition) is 2. The van der Waals surface area contributed by atoms with Crippen molar-refractivity contribution in [3.05, 3.63) is 46.5 Å². The third-order valence-corrected chi connectivity index (χ3v) is 3.20. The van der Waals surface area contributed by atoms with Crippen LogP contribution in [0.4, 0.5) is 5.13 Å². The average molecular weight is 271 g/mol. The molecule has 96 valence electrons. The molecule has 0 unspecified atom stereocenters. The van der Waals surface area contributed by atoms with Gasteiger partial charge in [0.25, 0.3) is 5.91 Å². The van der Waals surface area contributed by atoms with E-state index in [2.05, 4.69) is 22.1 Å². The number of rotatable bonds is 2. The molecular weight excluding hydrogens is 258 g/mol. The molecule has 2 rings (SSSR count). The normalized spacial score (nSPS) is 9.58. The first-order chi connectivity index (χ1) is 9.19. The SMILES string of the molecule is Cc1csc(NC(=O)c2ccc(C#CCN)cc2)n1. The molecule has 3 N–H and O–H groups in total. The summed E-state index contributed by atoms with van der Waals surface area (Å²) in [5.74, 6) is 5.50. The smallest absolute Gasteiger partial charge is 0.257 e. The molecule has 1 aromatic heterocycles. The van der Waals surface area contributed by atoms with Crippen molar-refractivity contribution in [2.75, 3.05) is 11.9 Å². The molecule has 0 fully saturated rings. The number of hydrogen-bond acceptors (Lipinski definition) is 4. The van der Waals surface area contributed by atoms with E-state index in [1.54, 1.807) is 24.3 Å². The molecule has 0 radical (unpaired) electrons. The second-order valence-electron chi connectivity index (χ2n) is 3.83. The summed E-state index contributed by atoms with van der Waals surface area (Å²) in [4.78, 5) is 16.1. The van der Waals surface area contributed by atoms with Crippen molar-refractivity contribution in [2.24, 2.45) is 5.73 Å². The number of thiazole rings is 1. The summed E-state index contributed by atoms with van der Waals surface area (Å²) < 4.78 is 0. The predicted octanol–water partition coefficient (Wildman–Crippen LogP) is 2.01. The van der Waals surface area contributed by atoms with E-state index in [1.807, 2.05) is 12.3 Å². The first kappa shape index (κ1) is 13.3. The lowest BCUT2D eigenvalue weighted by molar-refractivity contribution is 0.102. The van der Waals surface area contributed by atoms with Gasteiger partial charge in [-0.2, -0.15) is 0 Å². The summed E-state index contributed by atoms with van der Waals surface area (Å²) in [6, 6.07) is 7.06. The van der Waals surface area contributed by atoms with E-state index in [-0.39, 0.29) is 5.91 Å². The topological polar surface area (TPSA) is 68.0 Å². The number of carbonyl (C=O) groups excluding carboxylic acids is 1. The Morgan fingerprint density at radius 2 is 2.16 bits per heavy atom. The molecule has 0 aliphatic heterocycles. The van der Waals surface area contributed by atoms with Gasteiger partial charge in [0.15, 0.2) is 5.13 Å². The largest absolute Gasteiger partial charge is 0.320 e. The van der Waals surface area contributed by atoms with E-state index in [9.17, 15) is 4.79 Å². The highest BCUT2D eigenvalue weighted by Crippen LogP contribution is 2.15. The van der Waals surface area contributed by atoms with E-state index in [0.717, 1.165) is 11.3 Å². The lowest BCUT2D eigenvalue weighted by Gasteiger charge is -2.01. The van der Waals surface area contributed by atoms with Crippen LogP contribution in [-0.4, -0.2) is 17.4 Å². The van der Waals surface area contributed by atoms with Crippen LogP contribution < -0.4 is 11.1 Å². The quantitative estimate of drug-likeness (QED) is 0.821. The summed E-state index contributed by atoms with van der Waals surface area (Å²) in [7, 11) is 0. The Balaban J connectivity index is 2.07. The minimum atomic E-state index is -0.173. The Kier molecular flexibility index (Phi) is 4.29. The zero-order valence-electron chi connectivity index (χ0n) is 10.4. The predicted molar refractivity (Wildman–Crippen MR) is 77.2 cm³/mol. The highest BCUT2D eigenvalue weighted by molar-refractivity contribution is 7.13. The highest BCUT2D eigenvalue weighted by atomic mass is 32.1. The first-order valence-corrected chi connectivity index (χ1v) is 6.59. The lowest BCUT2D eigenvalue weighted by Crippen LogP contribution is -2.11. The molecule has 19 heavy (non-hydrogen) atoms. The molecule has 0 spiro atoms. The Hall–Kier alpha value is -2.16. The Labute approximate surface area is 115 Å². The summed E-state index contributed by atoms with van der Waals surface area (Å²) >= 11 is 1.41. The molecule has 0 saturated carbocycles. The number of nitrogens with two attached hydrogens (primary N) is 1. The molecule has 0 aliphatic carbocycles. The van der Waals surface area contributed by atoms with E-state index >= 15 is 0 Å². The molecule has 1 aromatic carbocycles. The van der Waals surface area contributed by atoms with Crippen molar-refractivity contribution in [1.29, 1.82) is 0 Å². The van der Waals surface area contributed by atoms with Crippen LogP contribution in [0.15, 0.2) is 29.6 Å². The van der Waals surface area contributed by atoms with Gasteiger partial charge in [-0.1, -0.05) is 11.8 Å². The van der Waals surface area contributed by atoms with Gasteiger partial charge >= 0.3 is 0 Å². The van der Waals surface area contributed by atoms with Gasteiger partial charge in [-0.3, -0.25) is 10.1 Å². The molecule has 0 bridgehead atoms. The molecule has 1 heterocycles. The van der Waals surface area contributed by atoms with Crippen molar-refractivity contribution in [3.8, 4) is 11.8 Å². The summed E-state index contributed by atoms with van der Waals surface area (Å²) in [5.41, 5.74) is 7.61. The summed E-state index contributed by atoms with van der Waals surface area (Å²) in [5, 5.41) is 5.25. The zero-order chi connectivity index (χ0) is 13.7. The fourth-order valence-electron chi connectivity index (χ4n) is 1.44. The Morgan fingerprint density at radius 3 is 2.74 bits per heavy atom.